The maximum absolute atomic E-state index is 9.15. The van der Waals surface area contributed by atoms with Crippen molar-refractivity contribution in [1.82, 2.24) is 9.78 Å². The van der Waals surface area contributed by atoms with Crippen molar-refractivity contribution in [2.24, 2.45) is 0 Å². The fraction of sp³-hybridized carbons (Fsp3) is 0.288. The van der Waals surface area contributed by atoms with Gasteiger partial charge in [0.25, 0.3) is 0 Å². The molecule has 0 atom stereocenters. The van der Waals surface area contributed by atoms with Gasteiger partial charge < -0.3 is 10.7 Å². The van der Waals surface area contributed by atoms with E-state index in [1.54, 1.807) is 0 Å². The number of anilines is 1. The lowest BCUT2D eigenvalue weighted by Gasteiger charge is -2.24. The van der Waals surface area contributed by atoms with Gasteiger partial charge >= 0.3 is 0 Å². The van der Waals surface area contributed by atoms with Crippen LogP contribution in [0.25, 0.3) is 54.1 Å². The number of fused-ring (bicyclic) bond motifs is 3. The average Bonchev–Trinajstić information content (AvgIpc) is 4.00. The zero-order valence-corrected chi connectivity index (χ0v) is 39.1. The number of rotatable bonds is 10. The molecule has 0 saturated heterocycles. The van der Waals surface area contributed by atoms with Crippen molar-refractivity contribution in [1.29, 1.82) is 5.41 Å². The van der Waals surface area contributed by atoms with Gasteiger partial charge in [0.15, 0.2) is 0 Å². The maximum atomic E-state index is 9.15. The standard InChI is InChI=1S/C54H50N4S.C3H8.C2H6/c55-47(39-23-11-3-12-24-39)35-49(40-25-13-4-14-26-40)56-48-32-31-44(37-19-7-1-8-20-37)52-46-34-43(33-45(53(46)59-54(48)52)38-21-9-2-10-22-38)58-51(42-29-17-6-18-30-42)36-50(57-58)41-27-15-5-16-28-41;1-3-2;1-2/h3-6,11-18,23-38,55-56H,1-2,7-10,19-22H2;3H2,1-2H3;1-2H3/b49-35-,55-47?;;. The minimum absolute atomic E-state index is 0.482. The largest absolute Gasteiger partial charge is 0.354 e. The van der Waals surface area contributed by atoms with Gasteiger partial charge in [-0.05, 0) is 90.1 Å². The second-order valence-electron chi connectivity index (χ2n) is 17.2. The van der Waals surface area contributed by atoms with Gasteiger partial charge in [0, 0.05) is 32.3 Å². The third-order valence-electron chi connectivity index (χ3n) is 12.7. The zero-order chi connectivity index (χ0) is 44.3. The van der Waals surface area contributed by atoms with Crippen LogP contribution < -0.4 is 5.32 Å². The Labute approximate surface area is 385 Å². The molecule has 10 rings (SSSR count). The van der Waals surface area contributed by atoms with E-state index in [9.17, 15) is 0 Å². The van der Waals surface area contributed by atoms with E-state index in [2.05, 4.69) is 145 Å². The van der Waals surface area contributed by atoms with Crippen LogP contribution in [-0.4, -0.2) is 15.5 Å². The number of thiophene rings is 1. The van der Waals surface area contributed by atoms with E-state index in [0.29, 0.717) is 17.5 Å². The Balaban J connectivity index is 0.00000108. The van der Waals surface area contributed by atoms with Crippen LogP contribution in [0.15, 0.2) is 158 Å². The minimum Gasteiger partial charge on any atom is -0.354 e. The molecule has 0 radical (unpaired) electrons. The Morgan fingerprint density at radius 1 is 0.625 bits per heavy atom. The van der Waals surface area contributed by atoms with E-state index >= 15 is 0 Å². The molecule has 64 heavy (non-hydrogen) atoms. The predicted octanol–water partition coefficient (Wildman–Crippen LogP) is 17.6. The van der Waals surface area contributed by atoms with Crippen LogP contribution in [-0.2, 0) is 0 Å². The molecular weight excluding hydrogens is 797 g/mol. The fourth-order valence-corrected chi connectivity index (χ4v) is 11.0. The molecule has 0 amide bonds. The summed E-state index contributed by atoms with van der Waals surface area (Å²) in [6.45, 7) is 8.25. The lowest BCUT2D eigenvalue weighted by atomic mass is 9.81. The summed E-state index contributed by atoms with van der Waals surface area (Å²) < 4.78 is 4.95. The van der Waals surface area contributed by atoms with E-state index in [1.165, 1.54) is 102 Å². The molecule has 5 heteroatoms. The minimum atomic E-state index is 0.482. The van der Waals surface area contributed by atoms with Crippen LogP contribution in [0.5, 0.6) is 0 Å². The Hall–Kier alpha value is -6.04. The molecule has 0 bridgehead atoms. The van der Waals surface area contributed by atoms with E-state index in [1.807, 2.05) is 61.6 Å². The topological polar surface area (TPSA) is 53.7 Å². The zero-order valence-electron chi connectivity index (χ0n) is 38.2. The molecule has 0 aliphatic heterocycles. The number of nitrogens with zero attached hydrogens (tertiary/aromatic N) is 2. The third-order valence-corrected chi connectivity index (χ3v) is 14.0. The highest BCUT2D eigenvalue weighted by Gasteiger charge is 2.27. The molecule has 326 valence electrons. The van der Waals surface area contributed by atoms with Crippen LogP contribution in [0.3, 0.4) is 0 Å². The summed E-state index contributed by atoms with van der Waals surface area (Å²) in [5, 5.41) is 21.3. The lowest BCUT2D eigenvalue weighted by Crippen LogP contribution is -2.07. The highest BCUT2D eigenvalue weighted by molar-refractivity contribution is 7.26. The molecule has 6 aromatic carbocycles. The lowest BCUT2D eigenvalue weighted by molar-refractivity contribution is 0.445. The number of allylic oxidation sites excluding steroid dienone is 1. The van der Waals surface area contributed by atoms with Crippen LogP contribution in [0.1, 0.15) is 132 Å². The van der Waals surface area contributed by atoms with Crippen molar-refractivity contribution in [3.63, 3.8) is 0 Å². The van der Waals surface area contributed by atoms with Crippen LogP contribution in [0.4, 0.5) is 5.69 Å². The quantitative estimate of drug-likeness (QED) is 0.135. The van der Waals surface area contributed by atoms with Crippen molar-refractivity contribution in [2.45, 2.75) is 110 Å². The maximum Gasteiger partial charge on any atom is 0.0934 e. The molecule has 0 spiro atoms. The van der Waals surface area contributed by atoms with Gasteiger partial charge in [-0.3, -0.25) is 0 Å². The van der Waals surface area contributed by atoms with Gasteiger partial charge in [0.1, 0.15) is 0 Å². The van der Waals surface area contributed by atoms with Gasteiger partial charge in [-0.15, -0.1) is 11.3 Å². The summed E-state index contributed by atoms with van der Waals surface area (Å²) in [4.78, 5) is 0. The molecule has 2 saturated carbocycles. The second kappa shape index (κ2) is 21.6. The summed E-state index contributed by atoms with van der Waals surface area (Å²) in [6, 6.07) is 53.9. The van der Waals surface area contributed by atoms with Crippen molar-refractivity contribution in [3.05, 3.63) is 180 Å². The molecule has 2 N–H and O–H groups in total. The second-order valence-corrected chi connectivity index (χ2v) is 18.2. The Morgan fingerprint density at radius 2 is 1.16 bits per heavy atom. The van der Waals surface area contributed by atoms with Crippen LogP contribution in [0.2, 0.25) is 0 Å². The van der Waals surface area contributed by atoms with E-state index in [-0.39, 0.29) is 0 Å². The van der Waals surface area contributed by atoms with Gasteiger partial charge in [-0.2, -0.15) is 5.10 Å². The summed E-state index contributed by atoms with van der Waals surface area (Å²) in [5.41, 5.74) is 12.9. The molecule has 2 aliphatic rings. The third kappa shape index (κ3) is 9.86. The summed E-state index contributed by atoms with van der Waals surface area (Å²) in [6.07, 6.45) is 15.9. The molecule has 2 aliphatic carbocycles. The number of benzene rings is 6. The number of aromatic nitrogens is 2. The average molecular weight is 861 g/mol. The summed E-state index contributed by atoms with van der Waals surface area (Å²) in [7, 11) is 0. The van der Waals surface area contributed by atoms with E-state index in [0.717, 1.165) is 50.7 Å². The van der Waals surface area contributed by atoms with E-state index in [4.69, 9.17) is 10.5 Å². The normalized spacial score (nSPS) is 14.7. The van der Waals surface area contributed by atoms with E-state index < -0.39 is 0 Å². The van der Waals surface area contributed by atoms with Crippen molar-refractivity contribution in [3.8, 4) is 28.2 Å². The van der Waals surface area contributed by atoms with Crippen molar-refractivity contribution >= 4 is 48.6 Å². The molecule has 8 aromatic rings. The highest BCUT2D eigenvalue weighted by atomic mass is 32.1. The summed E-state index contributed by atoms with van der Waals surface area (Å²) >= 11 is 1.97. The van der Waals surface area contributed by atoms with Crippen molar-refractivity contribution < 1.29 is 0 Å². The molecule has 2 heterocycles. The Kier molecular flexibility index (Phi) is 15.0. The highest BCUT2D eigenvalue weighted by Crippen LogP contribution is 2.50. The SMILES string of the molecule is CC.CCC.N=C(/C=C(\Nc1ccc(C2CCCCC2)c2c1sc1c(C3CCCCC3)cc(-n3nc(-c4ccccc4)cc3-c3ccccc3)cc12)c1ccccc1)c1ccccc1. The molecule has 2 fully saturated rings. The fourth-order valence-electron chi connectivity index (χ4n) is 9.65. The molecule has 4 nitrogen and oxygen atoms in total. The predicted molar refractivity (Wildman–Crippen MR) is 278 cm³/mol. The Morgan fingerprint density at radius 3 is 1.75 bits per heavy atom. The number of nitrogens with one attached hydrogen (secondary N) is 2. The first-order valence-corrected chi connectivity index (χ1v) is 24.8. The van der Waals surface area contributed by atoms with Gasteiger partial charge in [-0.25, -0.2) is 4.68 Å². The summed E-state index contributed by atoms with van der Waals surface area (Å²) in [5.74, 6) is 1.04. The number of hydrogen-bond acceptors (Lipinski definition) is 4. The smallest absolute Gasteiger partial charge is 0.0934 e. The molecule has 0 unspecified atom stereocenters. The van der Waals surface area contributed by atoms with Crippen LogP contribution in [0, 0.1) is 5.41 Å². The first-order valence-electron chi connectivity index (χ1n) is 24.0. The Bertz CT molecular complexity index is 2770. The monoisotopic (exact) mass is 860 g/mol. The van der Waals surface area contributed by atoms with Gasteiger partial charge in [0.2, 0.25) is 0 Å². The first kappa shape index (κ1) is 44.6. The number of hydrogen-bond donors (Lipinski definition) is 2. The van der Waals surface area contributed by atoms with Crippen molar-refractivity contribution in [2.75, 3.05) is 5.32 Å². The molecular formula is C59H64N4S. The van der Waals surface area contributed by atoms with Crippen LogP contribution >= 0.6 is 11.3 Å². The molecule has 2 aromatic heterocycles. The van der Waals surface area contributed by atoms with Gasteiger partial charge in [-0.1, -0.05) is 200 Å². The van der Waals surface area contributed by atoms with Gasteiger partial charge in [0.05, 0.1) is 33.2 Å². The first-order chi connectivity index (χ1) is 31.6.